The topological polar surface area (TPSA) is 58.6 Å². The van der Waals surface area contributed by atoms with E-state index in [1.165, 1.54) is 23.3 Å². The van der Waals surface area contributed by atoms with E-state index in [1.807, 2.05) is 0 Å². The first kappa shape index (κ1) is 18.8. The second kappa shape index (κ2) is 7.88. The fraction of sp³-hybridized carbons (Fsp3) is 0.727. The fourth-order valence-corrected chi connectivity index (χ4v) is 5.98. The molecule has 5 nitrogen and oxygen atoms in total. The molecule has 5 rings (SSSR count). The van der Waals surface area contributed by atoms with Gasteiger partial charge in [0.1, 0.15) is 5.78 Å². The molecule has 2 heterocycles. The van der Waals surface area contributed by atoms with Gasteiger partial charge in [-0.2, -0.15) is 0 Å². The number of carbonyl (C=O) groups excluding carboxylic acids is 2. The van der Waals surface area contributed by atoms with Crippen LogP contribution in [0.3, 0.4) is 0 Å². The van der Waals surface area contributed by atoms with Crippen molar-refractivity contribution >= 4 is 23.0 Å². The number of aryl methyl sites for hydroxylation is 1. The van der Waals surface area contributed by atoms with E-state index in [1.54, 1.807) is 11.3 Å². The van der Waals surface area contributed by atoms with Crippen LogP contribution in [0.5, 0.6) is 0 Å². The third-order valence-electron chi connectivity index (χ3n) is 6.71. The Balaban J connectivity index is 1.39. The lowest BCUT2D eigenvalue weighted by Gasteiger charge is -2.36. The minimum atomic E-state index is 0.0608. The number of nitrogens with zero attached hydrogens (tertiary/aromatic N) is 1. The Morgan fingerprint density at radius 2 is 1.89 bits per heavy atom. The van der Waals surface area contributed by atoms with E-state index in [-0.39, 0.29) is 11.8 Å². The first-order valence-electron chi connectivity index (χ1n) is 10.9. The summed E-state index contributed by atoms with van der Waals surface area (Å²) in [5, 5.41) is 3.17. The first-order valence-corrected chi connectivity index (χ1v) is 11.8. The van der Waals surface area contributed by atoms with Crippen molar-refractivity contribution < 1.29 is 14.3 Å². The van der Waals surface area contributed by atoms with Crippen LogP contribution in [0.15, 0.2) is 0 Å². The van der Waals surface area contributed by atoms with Gasteiger partial charge in [0, 0.05) is 47.8 Å². The van der Waals surface area contributed by atoms with E-state index < -0.39 is 0 Å². The molecule has 3 aliphatic carbocycles. The minimum absolute atomic E-state index is 0.0608. The number of hydrogen-bond donors (Lipinski definition) is 1. The van der Waals surface area contributed by atoms with Gasteiger partial charge in [0.15, 0.2) is 0 Å². The summed E-state index contributed by atoms with van der Waals surface area (Å²) in [6, 6.07) is 0.493. The van der Waals surface area contributed by atoms with Crippen LogP contribution in [0.25, 0.3) is 0 Å². The van der Waals surface area contributed by atoms with Crippen molar-refractivity contribution in [2.45, 2.75) is 57.4 Å². The van der Waals surface area contributed by atoms with Gasteiger partial charge < -0.3 is 10.1 Å². The quantitative estimate of drug-likeness (QED) is 0.762. The molecule has 1 N–H and O–H groups in total. The Bertz CT molecular complexity index is 760. The third kappa shape index (κ3) is 4.05. The van der Waals surface area contributed by atoms with E-state index in [2.05, 4.69) is 10.2 Å². The van der Waals surface area contributed by atoms with Crippen molar-refractivity contribution in [3.63, 3.8) is 0 Å². The van der Waals surface area contributed by atoms with Crippen molar-refractivity contribution in [2.24, 2.45) is 11.8 Å². The number of ether oxygens (including phenoxy) is 1. The fourth-order valence-electron chi connectivity index (χ4n) is 4.62. The Morgan fingerprint density at radius 3 is 2.61 bits per heavy atom. The van der Waals surface area contributed by atoms with Crippen molar-refractivity contribution in [3.8, 4) is 0 Å². The Morgan fingerprint density at radius 1 is 1.11 bits per heavy atom. The zero-order valence-corrected chi connectivity index (χ0v) is 17.3. The highest BCUT2D eigenvalue weighted by molar-refractivity contribution is 7.12. The maximum Gasteiger partial charge on any atom is 0.252 e. The van der Waals surface area contributed by atoms with Gasteiger partial charge in [0.05, 0.1) is 18.8 Å². The lowest BCUT2D eigenvalue weighted by Crippen LogP contribution is -2.46. The van der Waals surface area contributed by atoms with E-state index in [4.69, 9.17) is 4.74 Å². The van der Waals surface area contributed by atoms with Gasteiger partial charge in [-0.15, -0.1) is 11.3 Å². The SMILES string of the molecule is O=C(NCC1CC1)c1c(CC(=O)C2CC2)sc2c1CC(N1CCOCC1)CC2. The number of hydrogen-bond acceptors (Lipinski definition) is 5. The zero-order valence-electron chi connectivity index (χ0n) is 16.5. The molecule has 1 atom stereocenters. The van der Waals surface area contributed by atoms with Crippen molar-refractivity contribution in [3.05, 3.63) is 20.9 Å². The summed E-state index contributed by atoms with van der Waals surface area (Å²) in [6.45, 7) is 4.37. The highest BCUT2D eigenvalue weighted by Crippen LogP contribution is 2.39. The molecule has 152 valence electrons. The van der Waals surface area contributed by atoms with Crippen LogP contribution in [0.2, 0.25) is 0 Å². The lowest BCUT2D eigenvalue weighted by molar-refractivity contribution is -0.119. The third-order valence-corrected chi connectivity index (χ3v) is 8.00. The van der Waals surface area contributed by atoms with E-state index in [9.17, 15) is 9.59 Å². The number of carbonyl (C=O) groups is 2. The standard InChI is InChI=1S/C22H30N2O3S/c25-18(15-3-4-15)12-20-21(22(26)23-13-14-1-2-14)17-11-16(5-6-19(17)28-20)24-7-9-27-10-8-24/h14-16H,1-13H2,(H,23,26). The maximum absolute atomic E-state index is 13.1. The van der Waals surface area contributed by atoms with Crippen LogP contribution in [0.1, 0.15) is 57.8 Å². The Kier molecular flexibility index (Phi) is 5.28. The minimum Gasteiger partial charge on any atom is -0.379 e. The molecule has 0 bridgehead atoms. The summed E-state index contributed by atoms with van der Waals surface area (Å²) in [6.07, 6.45) is 8.10. The number of rotatable bonds is 7. The second-order valence-electron chi connectivity index (χ2n) is 8.92. The summed E-state index contributed by atoms with van der Waals surface area (Å²) in [4.78, 5) is 30.5. The Hall–Kier alpha value is -1.24. The smallest absolute Gasteiger partial charge is 0.252 e. The second-order valence-corrected chi connectivity index (χ2v) is 10.1. The lowest BCUT2D eigenvalue weighted by atomic mass is 9.89. The predicted octanol–water partition coefficient (Wildman–Crippen LogP) is 2.60. The maximum atomic E-state index is 13.1. The first-order chi connectivity index (χ1) is 13.7. The van der Waals surface area contributed by atoms with E-state index in [0.717, 1.165) is 75.4 Å². The van der Waals surface area contributed by atoms with Gasteiger partial charge in [0.25, 0.3) is 5.91 Å². The number of nitrogens with one attached hydrogen (secondary N) is 1. The van der Waals surface area contributed by atoms with E-state index in [0.29, 0.717) is 24.2 Å². The molecule has 4 aliphatic rings. The van der Waals surface area contributed by atoms with Crippen LogP contribution in [-0.4, -0.2) is 55.5 Å². The number of ketones is 1. The molecule has 1 aromatic heterocycles. The van der Waals surface area contributed by atoms with Crippen LogP contribution in [0, 0.1) is 11.8 Å². The molecule has 0 radical (unpaired) electrons. The molecule has 1 aliphatic heterocycles. The zero-order chi connectivity index (χ0) is 19.1. The molecule has 1 amide bonds. The van der Waals surface area contributed by atoms with Gasteiger partial charge in [0.2, 0.25) is 0 Å². The molecule has 0 aromatic carbocycles. The number of Topliss-reactive ketones (excluding diaryl/α,β-unsaturated/α-hetero) is 1. The molecule has 3 fully saturated rings. The Labute approximate surface area is 170 Å². The van der Waals surface area contributed by atoms with Crippen LogP contribution < -0.4 is 5.32 Å². The van der Waals surface area contributed by atoms with Crippen molar-refractivity contribution in [1.82, 2.24) is 10.2 Å². The summed E-state index contributed by atoms with van der Waals surface area (Å²) in [5.74, 6) is 1.31. The average Bonchev–Trinajstić information content (AvgIpc) is 3.62. The van der Waals surface area contributed by atoms with Gasteiger partial charge in [-0.25, -0.2) is 0 Å². The summed E-state index contributed by atoms with van der Waals surface area (Å²) in [7, 11) is 0. The van der Waals surface area contributed by atoms with Gasteiger partial charge >= 0.3 is 0 Å². The van der Waals surface area contributed by atoms with Crippen molar-refractivity contribution in [1.29, 1.82) is 0 Å². The van der Waals surface area contributed by atoms with Crippen LogP contribution in [-0.2, 0) is 28.8 Å². The normalized spacial score (nSPS) is 25.4. The largest absolute Gasteiger partial charge is 0.379 e. The average molecular weight is 403 g/mol. The number of morpholine rings is 1. The number of amides is 1. The number of thiophene rings is 1. The molecular weight excluding hydrogens is 372 g/mol. The molecule has 1 unspecified atom stereocenters. The highest BCUT2D eigenvalue weighted by Gasteiger charge is 2.35. The van der Waals surface area contributed by atoms with Crippen LogP contribution in [0.4, 0.5) is 0 Å². The molecule has 28 heavy (non-hydrogen) atoms. The predicted molar refractivity (Wildman–Crippen MR) is 109 cm³/mol. The summed E-state index contributed by atoms with van der Waals surface area (Å²) >= 11 is 1.74. The van der Waals surface area contributed by atoms with Crippen LogP contribution >= 0.6 is 11.3 Å². The highest BCUT2D eigenvalue weighted by atomic mass is 32.1. The van der Waals surface area contributed by atoms with Crippen molar-refractivity contribution in [2.75, 3.05) is 32.8 Å². The van der Waals surface area contributed by atoms with Gasteiger partial charge in [-0.3, -0.25) is 14.5 Å². The molecule has 0 spiro atoms. The molecule has 2 saturated carbocycles. The summed E-state index contributed by atoms with van der Waals surface area (Å²) < 4.78 is 5.52. The molecular formula is C22H30N2O3S. The van der Waals surface area contributed by atoms with Gasteiger partial charge in [-0.05, 0) is 56.4 Å². The molecule has 6 heteroatoms. The molecule has 1 aromatic rings. The number of fused-ring (bicyclic) bond motifs is 1. The van der Waals surface area contributed by atoms with Gasteiger partial charge in [-0.1, -0.05) is 0 Å². The summed E-state index contributed by atoms with van der Waals surface area (Å²) in [5.41, 5.74) is 2.09. The monoisotopic (exact) mass is 402 g/mol. The van der Waals surface area contributed by atoms with E-state index >= 15 is 0 Å². The molecule has 1 saturated heterocycles.